The molecule has 2 fully saturated rings. The van der Waals surface area contributed by atoms with Crippen LogP contribution in [0.3, 0.4) is 0 Å². The first kappa shape index (κ1) is 22.3. The summed E-state index contributed by atoms with van der Waals surface area (Å²) in [7, 11) is -0.557. The van der Waals surface area contributed by atoms with Crippen molar-refractivity contribution in [3.05, 3.63) is 60.2 Å². The zero-order valence-electron chi connectivity index (χ0n) is 18.2. The molecule has 0 unspecified atom stereocenters. The fourth-order valence-corrected chi connectivity index (χ4v) is 5.92. The molecule has 2 heterocycles. The van der Waals surface area contributed by atoms with E-state index in [4.69, 9.17) is 4.74 Å². The fraction of sp³-hybridized carbons (Fsp3) is 0.391. The standard InChI is InChI=1S/C23H27N3O5S/c1-24-21-12-13-26(32(29,30)19-10-8-18(31-2)9-11-19)15-20(21)23(28)25(16-22(24)27)14-17-6-4-3-5-7-17/h3-11,20-21H,12-16H2,1-2H3/t20-,21+/m0/s1. The van der Waals surface area contributed by atoms with Crippen LogP contribution in [-0.4, -0.2) is 74.2 Å². The van der Waals surface area contributed by atoms with Crippen molar-refractivity contribution in [1.82, 2.24) is 14.1 Å². The number of carbonyl (C=O) groups excluding carboxylic acids is 2. The quantitative estimate of drug-likeness (QED) is 0.680. The van der Waals surface area contributed by atoms with Crippen LogP contribution in [0.15, 0.2) is 59.5 Å². The molecule has 4 rings (SSSR count). The van der Waals surface area contributed by atoms with Crippen LogP contribution in [0.5, 0.6) is 5.75 Å². The van der Waals surface area contributed by atoms with Crippen molar-refractivity contribution in [1.29, 1.82) is 0 Å². The Bertz CT molecular complexity index is 1090. The van der Waals surface area contributed by atoms with Crippen molar-refractivity contribution < 1.29 is 22.7 Å². The number of sulfonamides is 1. The fourth-order valence-electron chi connectivity index (χ4n) is 4.44. The topological polar surface area (TPSA) is 87.2 Å². The van der Waals surface area contributed by atoms with Crippen LogP contribution >= 0.6 is 0 Å². The Labute approximate surface area is 188 Å². The Balaban J connectivity index is 1.59. The molecule has 0 saturated carbocycles. The number of carbonyl (C=O) groups is 2. The summed E-state index contributed by atoms with van der Waals surface area (Å²) in [4.78, 5) is 29.6. The van der Waals surface area contributed by atoms with Gasteiger partial charge in [-0.05, 0) is 36.2 Å². The van der Waals surface area contributed by atoms with E-state index in [0.29, 0.717) is 18.7 Å². The Hall–Kier alpha value is -2.91. The first-order valence-corrected chi connectivity index (χ1v) is 12.0. The number of rotatable bonds is 5. The number of likely N-dealkylation sites (N-methyl/N-ethyl adjacent to an activating group) is 1. The van der Waals surface area contributed by atoms with E-state index in [0.717, 1.165) is 5.56 Å². The molecule has 0 aliphatic carbocycles. The lowest BCUT2D eigenvalue weighted by atomic mass is 9.91. The van der Waals surface area contributed by atoms with Crippen LogP contribution in [0.4, 0.5) is 0 Å². The normalized spacial score (nSPS) is 22.4. The lowest BCUT2D eigenvalue weighted by Gasteiger charge is -2.39. The van der Waals surface area contributed by atoms with Gasteiger partial charge in [0.2, 0.25) is 21.8 Å². The minimum absolute atomic E-state index is 0.0115. The van der Waals surface area contributed by atoms with E-state index in [2.05, 4.69) is 0 Å². The van der Waals surface area contributed by atoms with Gasteiger partial charge in [-0.15, -0.1) is 0 Å². The summed E-state index contributed by atoms with van der Waals surface area (Å²) in [6.07, 6.45) is 0.410. The molecule has 2 aromatic carbocycles. The van der Waals surface area contributed by atoms with Gasteiger partial charge in [0.25, 0.3) is 0 Å². The summed E-state index contributed by atoms with van der Waals surface area (Å²) >= 11 is 0. The Morgan fingerprint density at radius 2 is 1.72 bits per heavy atom. The number of methoxy groups -OCH3 is 1. The van der Waals surface area contributed by atoms with E-state index in [-0.39, 0.29) is 42.4 Å². The summed E-state index contributed by atoms with van der Waals surface area (Å²) in [5.41, 5.74) is 0.924. The van der Waals surface area contributed by atoms with E-state index in [1.807, 2.05) is 30.3 Å². The number of nitrogens with zero attached hydrogens (tertiary/aromatic N) is 3. The third-order valence-electron chi connectivity index (χ3n) is 6.30. The molecule has 32 heavy (non-hydrogen) atoms. The largest absolute Gasteiger partial charge is 0.497 e. The van der Waals surface area contributed by atoms with Gasteiger partial charge in [0.1, 0.15) is 12.3 Å². The molecule has 9 heteroatoms. The van der Waals surface area contributed by atoms with E-state index in [9.17, 15) is 18.0 Å². The SMILES string of the molecule is COc1ccc(S(=O)(=O)N2CC[C@@H]3[C@H](C2)C(=O)N(Cc2ccccc2)CC(=O)N3C)cc1. The Morgan fingerprint density at radius 3 is 2.38 bits per heavy atom. The number of fused-ring (bicyclic) bond motifs is 1. The Morgan fingerprint density at radius 1 is 1.03 bits per heavy atom. The molecule has 0 spiro atoms. The maximum absolute atomic E-state index is 13.5. The van der Waals surface area contributed by atoms with Gasteiger partial charge in [-0.2, -0.15) is 4.31 Å². The van der Waals surface area contributed by atoms with Gasteiger partial charge in [-0.1, -0.05) is 30.3 Å². The second-order valence-corrected chi connectivity index (χ2v) is 10.1. The Kier molecular flexibility index (Phi) is 6.21. The third-order valence-corrected chi connectivity index (χ3v) is 8.18. The monoisotopic (exact) mass is 457 g/mol. The van der Waals surface area contributed by atoms with Gasteiger partial charge in [0.05, 0.1) is 17.9 Å². The molecule has 0 N–H and O–H groups in total. The highest BCUT2D eigenvalue weighted by Gasteiger charge is 2.45. The minimum atomic E-state index is -3.78. The predicted octanol–water partition coefficient (Wildman–Crippen LogP) is 1.58. The molecule has 2 atom stereocenters. The van der Waals surface area contributed by atoms with Gasteiger partial charge >= 0.3 is 0 Å². The van der Waals surface area contributed by atoms with Crippen LogP contribution in [0.25, 0.3) is 0 Å². The van der Waals surface area contributed by atoms with Gasteiger partial charge in [-0.25, -0.2) is 8.42 Å². The molecule has 170 valence electrons. The summed E-state index contributed by atoms with van der Waals surface area (Å²) in [5.74, 6) is -0.366. The molecule has 2 aromatic rings. The summed E-state index contributed by atoms with van der Waals surface area (Å²) in [5, 5.41) is 0. The number of ether oxygens (including phenoxy) is 1. The first-order chi connectivity index (χ1) is 15.3. The predicted molar refractivity (Wildman–Crippen MR) is 118 cm³/mol. The van der Waals surface area contributed by atoms with E-state index in [1.54, 1.807) is 29.0 Å². The van der Waals surface area contributed by atoms with Crippen molar-refractivity contribution in [2.75, 3.05) is 33.8 Å². The van der Waals surface area contributed by atoms with Crippen molar-refractivity contribution in [3.63, 3.8) is 0 Å². The molecule has 2 aliphatic heterocycles. The highest BCUT2D eigenvalue weighted by Crippen LogP contribution is 2.31. The van der Waals surface area contributed by atoms with Crippen LogP contribution in [0, 0.1) is 5.92 Å². The molecule has 2 saturated heterocycles. The lowest BCUT2D eigenvalue weighted by Crippen LogP contribution is -2.54. The smallest absolute Gasteiger partial charge is 0.243 e. The van der Waals surface area contributed by atoms with Crippen molar-refractivity contribution in [3.8, 4) is 5.75 Å². The number of hydrogen-bond donors (Lipinski definition) is 0. The molecule has 2 aliphatic rings. The third kappa shape index (κ3) is 4.22. The zero-order valence-corrected chi connectivity index (χ0v) is 19.0. The average Bonchev–Trinajstić information content (AvgIpc) is 2.90. The average molecular weight is 458 g/mol. The summed E-state index contributed by atoms with van der Waals surface area (Å²) in [6.45, 7) is 0.593. The summed E-state index contributed by atoms with van der Waals surface area (Å²) < 4.78 is 33.0. The lowest BCUT2D eigenvalue weighted by molar-refractivity contribution is -0.138. The molecule has 0 radical (unpaired) electrons. The number of hydrogen-bond acceptors (Lipinski definition) is 5. The molecule has 2 amide bonds. The maximum atomic E-state index is 13.5. The highest BCUT2D eigenvalue weighted by molar-refractivity contribution is 7.89. The van der Waals surface area contributed by atoms with Gasteiger partial charge in [0, 0.05) is 32.7 Å². The number of benzene rings is 2. The molecule has 0 aromatic heterocycles. The van der Waals surface area contributed by atoms with Crippen LogP contribution in [0.2, 0.25) is 0 Å². The van der Waals surface area contributed by atoms with Crippen molar-refractivity contribution >= 4 is 21.8 Å². The van der Waals surface area contributed by atoms with E-state index < -0.39 is 15.9 Å². The van der Waals surface area contributed by atoms with Gasteiger partial charge in [-0.3, -0.25) is 9.59 Å². The van der Waals surface area contributed by atoms with E-state index in [1.165, 1.54) is 23.5 Å². The number of amides is 2. The van der Waals surface area contributed by atoms with Crippen molar-refractivity contribution in [2.45, 2.75) is 23.9 Å². The highest BCUT2D eigenvalue weighted by atomic mass is 32.2. The van der Waals surface area contributed by atoms with Gasteiger partial charge in [0.15, 0.2) is 0 Å². The maximum Gasteiger partial charge on any atom is 0.243 e. The second kappa shape index (κ2) is 8.91. The second-order valence-electron chi connectivity index (χ2n) is 8.19. The zero-order chi connectivity index (χ0) is 22.9. The van der Waals surface area contributed by atoms with E-state index >= 15 is 0 Å². The minimum Gasteiger partial charge on any atom is -0.497 e. The van der Waals surface area contributed by atoms with Crippen LogP contribution in [-0.2, 0) is 26.2 Å². The number of piperidine rings is 1. The first-order valence-electron chi connectivity index (χ1n) is 10.5. The van der Waals surface area contributed by atoms with Gasteiger partial charge < -0.3 is 14.5 Å². The molecule has 0 bridgehead atoms. The van der Waals surface area contributed by atoms with Crippen molar-refractivity contribution in [2.24, 2.45) is 5.92 Å². The molecular formula is C23H27N3O5S. The molecule has 8 nitrogen and oxygen atoms in total. The van der Waals surface area contributed by atoms with Crippen LogP contribution < -0.4 is 4.74 Å². The van der Waals surface area contributed by atoms with Crippen LogP contribution in [0.1, 0.15) is 12.0 Å². The molecular weight excluding hydrogens is 430 g/mol. The summed E-state index contributed by atoms with van der Waals surface area (Å²) in [6, 6.07) is 15.4.